The smallest absolute Gasteiger partial charge is 0.123 e. The number of nitrogens with zero attached hydrogens (tertiary/aromatic N) is 1. The molecule has 0 spiro atoms. The fraction of sp³-hybridized carbons (Fsp3) is 0.308. The molecule has 2 aromatic rings. The maximum atomic E-state index is 12.9. The molecule has 0 amide bonds. The number of rotatable bonds is 2. The first-order valence-corrected chi connectivity index (χ1v) is 5.80. The number of aromatic amines is 1. The molecule has 1 aliphatic rings. The Hall–Kier alpha value is -1.68. The van der Waals surface area contributed by atoms with Crippen LogP contribution in [-0.4, -0.2) is 23.3 Å². The minimum atomic E-state index is -0.183. The van der Waals surface area contributed by atoms with Gasteiger partial charge in [0.25, 0.3) is 0 Å². The first-order chi connectivity index (χ1) is 8.34. The van der Waals surface area contributed by atoms with Crippen molar-refractivity contribution in [3.05, 3.63) is 53.6 Å². The standard InChI is InChI=1S/C13H14FN3/c14-10-3-1-9(2-4-10)11-7-15-8-12(11)13-5-6-16-17-13/h1-6,11-12,15H,7-8H2,(H,16,17)/t11-,12-/m0/s1. The van der Waals surface area contributed by atoms with Crippen LogP contribution in [0.2, 0.25) is 0 Å². The second kappa shape index (κ2) is 4.30. The Morgan fingerprint density at radius 3 is 2.53 bits per heavy atom. The van der Waals surface area contributed by atoms with E-state index in [0.29, 0.717) is 11.8 Å². The summed E-state index contributed by atoms with van der Waals surface area (Å²) < 4.78 is 12.9. The van der Waals surface area contributed by atoms with Crippen molar-refractivity contribution in [3.8, 4) is 0 Å². The summed E-state index contributed by atoms with van der Waals surface area (Å²) in [6.07, 6.45) is 1.77. The zero-order valence-electron chi connectivity index (χ0n) is 9.36. The van der Waals surface area contributed by atoms with Gasteiger partial charge >= 0.3 is 0 Å². The minimum Gasteiger partial charge on any atom is -0.315 e. The number of nitrogens with one attached hydrogen (secondary N) is 2. The number of hydrogen-bond donors (Lipinski definition) is 2. The summed E-state index contributed by atoms with van der Waals surface area (Å²) >= 11 is 0. The van der Waals surface area contributed by atoms with E-state index < -0.39 is 0 Å². The van der Waals surface area contributed by atoms with Crippen LogP contribution in [0.5, 0.6) is 0 Å². The molecule has 2 heterocycles. The first-order valence-electron chi connectivity index (χ1n) is 5.80. The third kappa shape index (κ3) is 1.96. The molecule has 1 aromatic carbocycles. The molecule has 2 atom stereocenters. The van der Waals surface area contributed by atoms with E-state index in [2.05, 4.69) is 15.5 Å². The summed E-state index contributed by atoms with van der Waals surface area (Å²) in [5, 5.41) is 10.4. The Labute approximate surface area is 99.1 Å². The van der Waals surface area contributed by atoms with Crippen LogP contribution < -0.4 is 5.32 Å². The number of halogens is 1. The Morgan fingerprint density at radius 1 is 1.06 bits per heavy atom. The topological polar surface area (TPSA) is 40.7 Å². The van der Waals surface area contributed by atoms with Gasteiger partial charge in [0.2, 0.25) is 0 Å². The highest BCUT2D eigenvalue weighted by molar-refractivity contribution is 5.28. The van der Waals surface area contributed by atoms with Crippen molar-refractivity contribution < 1.29 is 4.39 Å². The highest BCUT2D eigenvalue weighted by Gasteiger charge is 2.30. The SMILES string of the molecule is Fc1ccc([C@@H]2CNC[C@@H]2c2ccn[nH]2)cc1. The van der Waals surface area contributed by atoms with Crippen LogP contribution in [-0.2, 0) is 0 Å². The lowest BCUT2D eigenvalue weighted by Gasteiger charge is -2.17. The van der Waals surface area contributed by atoms with Crippen molar-refractivity contribution in [3.63, 3.8) is 0 Å². The van der Waals surface area contributed by atoms with E-state index in [9.17, 15) is 4.39 Å². The third-order valence-electron chi connectivity index (χ3n) is 3.43. The number of H-pyrrole nitrogens is 1. The van der Waals surface area contributed by atoms with Crippen LogP contribution in [0.15, 0.2) is 36.5 Å². The zero-order chi connectivity index (χ0) is 11.7. The fourth-order valence-electron chi connectivity index (χ4n) is 2.54. The lowest BCUT2D eigenvalue weighted by Crippen LogP contribution is -2.09. The van der Waals surface area contributed by atoms with E-state index in [1.54, 1.807) is 6.20 Å². The van der Waals surface area contributed by atoms with Gasteiger partial charge in [0.15, 0.2) is 0 Å². The van der Waals surface area contributed by atoms with E-state index >= 15 is 0 Å². The lowest BCUT2D eigenvalue weighted by molar-refractivity contribution is 0.618. The lowest BCUT2D eigenvalue weighted by atomic mass is 9.87. The quantitative estimate of drug-likeness (QED) is 0.830. The van der Waals surface area contributed by atoms with Crippen molar-refractivity contribution in [1.29, 1.82) is 0 Å². The van der Waals surface area contributed by atoms with E-state index in [1.807, 2.05) is 18.2 Å². The van der Waals surface area contributed by atoms with E-state index in [-0.39, 0.29) is 5.82 Å². The molecule has 17 heavy (non-hydrogen) atoms. The predicted octanol–water partition coefficient (Wildman–Crippen LogP) is 2.02. The molecule has 1 fully saturated rings. The third-order valence-corrected chi connectivity index (χ3v) is 3.43. The summed E-state index contributed by atoms with van der Waals surface area (Å²) in [5.74, 6) is 0.594. The highest BCUT2D eigenvalue weighted by Crippen LogP contribution is 2.34. The molecule has 4 heteroatoms. The van der Waals surface area contributed by atoms with Gasteiger partial charge < -0.3 is 5.32 Å². The molecular weight excluding hydrogens is 217 g/mol. The van der Waals surface area contributed by atoms with Gasteiger partial charge in [-0.3, -0.25) is 5.10 Å². The maximum Gasteiger partial charge on any atom is 0.123 e. The molecule has 0 aliphatic carbocycles. The molecular formula is C13H14FN3. The van der Waals surface area contributed by atoms with Crippen molar-refractivity contribution >= 4 is 0 Å². The van der Waals surface area contributed by atoms with Crippen LogP contribution in [0.1, 0.15) is 23.1 Å². The van der Waals surface area contributed by atoms with Crippen molar-refractivity contribution in [2.75, 3.05) is 13.1 Å². The molecule has 2 N–H and O–H groups in total. The Kier molecular flexibility index (Phi) is 2.65. The van der Waals surface area contributed by atoms with Gasteiger partial charge in [-0.25, -0.2) is 4.39 Å². The van der Waals surface area contributed by atoms with Gasteiger partial charge in [0.1, 0.15) is 5.82 Å². The van der Waals surface area contributed by atoms with Crippen LogP contribution in [0.3, 0.4) is 0 Å². The molecule has 0 unspecified atom stereocenters. The monoisotopic (exact) mass is 231 g/mol. The average molecular weight is 231 g/mol. The van der Waals surface area contributed by atoms with Crippen LogP contribution >= 0.6 is 0 Å². The molecule has 3 nitrogen and oxygen atoms in total. The van der Waals surface area contributed by atoms with Gasteiger partial charge in [0.05, 0.1) is 0 Å². The fourth-order valence-corrected chi connectivity index (χ4v) is 2.54. The Balaban J connectivity index is 1.89. The second-order valence-electron chi connectivity index (χ2n) is 4.43. The van der Waals surface area contributed by atoms with Gasteiger partial charge in [0, 0.05) is 36.8 Å². The Bertz CT molecular complexity index is 478. The predicted molar refractivity (Wildman–Crippen MR) is 63.3 cm³/mol. The van der Waals surface area contributed by atoms with Crippen LogP contribution in [0, 0.1) is 5.82 Å². The van der Waals surface area contributed by atoms with E-state index in [4.69, 9.17) is 0 Å². The van der Waals surface area contributed by atoms with E-state index in [1.165, 1.54) is 17.7 Å². The molecule has 1 aliphatic heterocycles. The summed E-state index contributed by atoms with van der Waals surface area (Å²) in [6.45, 7) is 1.86. The Morgan fingerprint density at radius 2 is 1.82 bits per heavy atom. The maximum absolute atomic E-state index is 12.9. The molecule has 1 aromatic heterocycles. The minimum absolute atomic E-state index is 0.183. The summed E-state index contributed by atoms with van der Waals surface area (Å²) in [4.78, 5) is 0. The van der Waals surface area contributed by atoms with E-state index in [0.717, 1.165) is 18.8 Å². The van der Waals surface area contributed by atoms with Gasteiger partial charge in [-0.05, 0) is 23.8 Å². The normalized spacial score (nSPS) is 24.1. The molecule has 3 rings (SSSR count). The molecule has 0 bridgehead atoms. The zero-order valence-corrected chi connectivity index (χ0v) is 9.36. The highest BCUT2D eigenvalue weighted by atomic mass is 19.1. The van der Waals surface area contributed by atoms with Gasteiger partial charge in [-0.2, -0.15) is 5.10 Å². The molecule has 0 saturated carbocycles. The first kappa shape index (κ1) is 10.5. The summed E-state index contributed by atoms with van der Waals surface area (Å²) in [6, 6.07) is 8.80. The molecule has 1 saturated heterocycles. The summed E-state index contributed by atoms with van der Waals surface area (Å²) in [5.41, 5.74) is 2.32. The molecule has 0 radical (unpaired) electrons. The van der Waals surface area contributed by atoms with Crippen molar-refractivity contribution in [2.45, 2.75) is 11.8 Å². The van der Waals surface area contributed by atoms with Gasteiger partial charge in [-0.15, -0.1) is 0 Å². The van der Waals surface area contributed by atoms with Crippen molar-refractivity contribution in [2.24, 2.45) is 0 Å². The second-order valence-corrected chi connectivity index (χ2v) is 4.43. The van der Waals surface area contributed by atoms with Crippen LogP contribution in [0.4, 0.5) is 4.39 Å². The van der Waals surface area contributed by atoms with Crippen molar-refractivity contribution in [1.82, 2.24) is 15.5 Å². The number of aromatic nitrogens is 2. The van der Waals surface area contributed by atoms with Crippen LogP contribution in [0.25, 0.3) is 0 Å². The van der Waals surface area contributed by atoms with Gasteiger partial charge in [-0.1, -0.05) is 12.1 Å². The number of hydrogen-bond acceptors (Lipinski definition) is 2. The average Bonchev–Trinajstić information content (AvgIpc) is 3.00. The number of benzene rings is 1. The summed E-state index contributed by atoms with van der Waals surface area (Å²) in [7, 11) is 0. The largest absolute Gasteiger partial charge is 0.315 e. The molecule has 88 valence electrons.